The quantitative estimate of drug-likeness (QED) is 0.638. The standard InChI is InChI=1S/C15H24ClNO3/c1-18-7-8-20-10-9-19-6-5-14(12-17)13-3-2-4-15(16)11-13/h2-4,11,14H,5-10,12,17H2,1H3. The highest BCUT2D eigenvalue weighted by Gasteiger charge is 2.09. The second-order valence-electron chi connectivity index (χ2n) is 4.49. The molecule has 0 heterocycles. The highest BCUT2D eigenvalue weighted by molar-refractivity contribution is 6.30. The van der Waals surface area contributed by atoms with Gasteiger partial charge in [-0.05, 0) is 36.6 Å². The Morgan fingerprint density at radius 2 is 1.80 bits per heavy atom. The van der Waals surface area contributed by atoms with Crippen molar-refractivity contribution in [2.24, 2.45) is 5.73 Å². The van der Waals surface area contributed by atoms with Crippen molar-refractivity contribution in [1.29, 1.82) is 0 Å². The lowest BCUT2D eigenvalue weighted by Gasteiger charge is -2.15. The summed E-state index contributed by atoms with van der Waals surface area (Å²) < 4.78 is 15.7. The number of hydrogen-bond donors (Lipinski definition) is 1. The molecule has 1 aromatic carbocycles. The van der Waals surface area contributed by atoms with Gasteiger partial charge in [-0.15, -0.1) is 0 Å². The van der Waals surface area contributed by atoms with Crippen molar-refractivity contribution in [2.45, 2.75) is 12.3 Å². The third-order valence-corrected chi connectivity index (χ3v) is 3.25. The number of hydrogen-bond acceptors (Lipinski definition) is 4. The minimum atomic E-state index is 0.281. The van der Waals surface area contributed by atoms with E-state index in [2.05, 4.69) is 6.07 Å². The molecule has 1 atom stereocenters. The van der Waals surface area contributed by atoms with Gasteiger partial charge in [0.05, 0.1) is 26.4 Å². The maximum Gasteiger partial charge on any atom is 0.0701 e. The van der Waals surface area contributed by atoms with Crippen LogP contribution in [0.4, 0.5) is 0 Å². The van der Waals surface area contributed by atoms with Crippen LogP contribution in [-0.2, 0) is 14.2 Å². The van der Waals surface area contributed by atoms with E-state index in [-0.39, 0.29) is 5.92 Å². The third-order valence-electron chi connectivity index (χ3n) is 3.02. The fourth-order valence-electron chi connectivity index (χ4n) is 1.87. The first-order valence-corrected chi connectivity index (χ1v) is 7.25. The van der Waals surface area contributed by atoms with E-state index in [1.165, 1.54) is 5.56 Å². The predicted molar refractivity (Wildman–Crippen MR) is 81.4 cm³/mol. The van der Waals surface area contributed by atoms with Gasteiger partial charge in [0.15, 0.2) is 0 Å². The number of benzene rings is 1. The second kappa shape index (κ2) is 11.1. The van der Waals surface area contributed by atoms with Crippen molar-refractivity contribution < 1.29 is 14.2 Å². The first-order valence-electron chi connectivity index (χ1n) is 6.88. The molecule has 5 heteroatoms. The Balaban J connectivity index is 2.16. The first kappa shape index (κ1) is 17.4. The zero-order valence-corrected chi connectivity index (χ0v) is 12.8. The molecule has 1 unspecified atom stereocenters. The summed E-state index contributed by atoms with van der Waals surface area (Å²) in [4.78, 5) is 0. The predicted octanol–water partition coefficient (Wildman–Crippen LogP) is 2.45. The van der Waals surface area contributed by atoms with Crippen molar-refractivity contribution in [3.05, 3.63) is 34.9 Å². The van der Waals surface area contributed by atoms with E-state index in [0.717, 1.165) is 11.4 Å². The average Bonchev–Trinajstić information content (AvgIpc) is 2.46. The lowest BCUT2D eigenvalue weighted by Crippen LogP contribution is -2.16. The van der Waals surface area contributed by atoms with Crippen LogP contribution >= 0.6 is 11.6 Å². The summed E-state index contributed by atoms with van der Waals surface area (Å²) in [7, 11) is 1.66. The summed E-state index contributed by atoms with van der Waals surface area (Å²) in [5.74, 6) is 0.281. The smallest absolute Gasteiger partial charge is 0.0701 e. The van der Waals surface area contributed by atoms with Gasteiger partial charge >= 0.3 is 0 Å². The molecular weight excluding hydrogens is 278 g/mol. The first-order chi connectivity index (χ1) is 9.77. The van der Waals surface area contributed by atoms with E-state index in [1.807, 2.05) is 18.2 Å². The van der Waals surface area contributed by atoms with Gasteiger partial charge in [-0.3, -0.25) is 0 Å². The summed E-state index contributed by atoms with van der Waals surface area (Å²) in [6.07, 6.45) is 0.884. The summed E-state index contributed by atoms with van der Waals surface area (Å²) in [6, 6.07) is 7.83. The molecule has 4 nitrogen and oxygen atoms in total. The van der Waals surface area contributed by atoms with Gasteiger partial charge in [-0.25, -0.2) is 0 Å². The van der Waals surface area contributed by atoms with Crippen LogP contribution in [0.5, 0.6) is 0 Å². The van der Waals surface area contributed by atoms with Crippen LogP contribution < -0.4 is 5.73 Å². The zero-order chi connectivity index (χ0) is 14.6. The van der Waals surface area contributed by atoms with Crippen LogP contribution in [0.15, 0.2) is 24.3 Å². The minimum absolute atomic E-state index is 0.281. The summed E-state index contributed by atoms with van der Waals surface area (Å²) in [5, 5.41) is 0.744. The molecule has 0 aliphatic carbocycles. The highest BCUT2D eigenvalue weighted by Crippen LogP contribution is 2.21. The fraction of sp³-hybridized carbons (Fsp3) is 0.600. The SMILES string of the molecule is COCCOCCOCCC(CN)c1cccc(Cl)c1. The van der Waals surface area contributed by atoms with E-state index in [9.17, 15) is 0 Å². The maximum absolute atomic E-state index is 5.99. The average molecular weight is 302 g/mol. The van der Waals surface area contributed by atoms with Crippen molar-refractivity contribution >= 4 is 11.6 Å². The Morgan fingerprint density at radius 3 is 2.45 bits per heavy atom. The minimum Gasteiger partial charge on any atom is -0.382 e. The fourth-order valence-corrected chi connectivity index (χ4v) is 2.07. The van der Waals surface area contributed by atoms with Gasteiger partial charge in [0.2, 0.25) is 0 Å². The van der Waals surface area contributed by atoms with E-state index in [4.69, 9.17) is 31.5 Å². The van der Waals surface area contributed by atoms with Gasteiger partial charge in [-0.1, -0.05) is 23.7 Å². The van der Waals surface area contributed by atoms with Gasteiger partial charge in [0, 0.05) is 18.7 Å². The number of methoxy groups -OCH3 is 1. The lowest BCUT2D eigenvalue weighted by atomic mass is 9.96. The highest BCUT2D eigenvalue weighted by atomic mass is 35.5. The largest absolute Gasteiger partial charge is 0.382 e. The monoisotopic (exact) mass is 301 g/mol. The molecule has 0 aliphatic rings. The summed E-state index contributed by atoms with van der Waals surface area (Å²) in [5.41, 5.74) is 6.98. The van der Waals surface area contributed by atoms with Crippen molar-refractivity contribution in [1.82, 2.24) is 0 Å². The normalized spacial score (nSPS) is 12.6. The molecule has 0 saturated heterocycles. The van der Waals surface area contributed by atoms with E-state index in [0.29, 0.717) is 39.6 Å². The van der Waals surface area contributed by atoms with Crippen LogP contribution in [-0.4, -0.2) is 46.7 Å². The van der Waals surface area contributed by atoms with Crippen LogP contribution in [0.3, 0.4) is 0 Å². The number of ether oxygens (including phenoxy) is 3. The Morgan fingerprint density at radius 1 is 1.10 bits per heavy atom. The molecule has 0 radical (unpaired) electrons. The second-order valence-corrected chi connectivity index (χ2v) is 4.93. The number of halogens is 1. The van der Waals surface area contributed by atoms with E-state index < -0.39 is 0 Å². The Hall–Kier alpha value is -0.650. The molecule has 0 spiro atoms. The van der Waals surface area contributed by atoms with Gasteiger partial charge in [0.25, 0.3) is 0 Å². The third kappa shape index (κ3) is 7.22. The molecule has 0 amide bonds. The number of nitrogens with two attached hydrogens (primary N) is 1. The van der Waals surface area contributed by atoms with Crippen LogP contribution in [0.25, 0.3) is 0 Å². The van der Waals surface area contributed by atoms with Gasteiger partial charge < -0.3 is 19.9 Å². The van der Waals surface area contributed by atoms with E-state index >= 15 is 0 Å². The molecule has 20 heavy (non-hydrogen) atoms. The zero-order valence-electron chi connectivity index (χ0n) is 12.0. The molecule has 114 valence electrons. The topological polar surface area (TPSA) is 53.7 Å². The lowest BCUT2D eigenvalue weighted by molar-refractivity contribution is 0.0234. The van der Waals surface area contributed by atoms with Gasteiger partial charge in [-0.2, -0.15) is 0 Å². The van der Waals surface area contributed by atoms with E-state index in [1.54, 1.807) is 7.11 Å². The molecule has 0 aromatic heterocycles. The van der Waals surface area contributed by atoms with Crippen molar-refractivity contribution in [3.63, 3.8) is 0 Å². The molecule has 0 saturated carbocycles. The van der Waals surface area contributed by atoms with Crippen LogP contribution in [0.2, 0.25) is 5.02 Å². The van der Waals surface area contributed by atoms with Crippen LogP contribution in [0.1, 0.15) is 17.9 Å². The maximum atomic E-state index is 5.99. The van der Waals surface area contributed by atoms with Gasteiger partial charge in [0.1, 0.15) is 0 Å². The van der Waals surface area contributed by atoms with Crippen molar-refractivity contribution in [3.8, 4) is 0 Å². The molecule has 0 aliphatic heterocycles. The summed E-state index contributed by atoms with van der Waals surface area (Å²) >= 11 is 5.99. The Bertz CT molecular complexity index is 363. The Labute approximate surface area is 126 Å². The van der Waals surface area contributed by atoms with Crippen molar-refractivity contribution in [2.75, 3.05) is 46.7 Å². The molecule has 2 N–H and O–H groups in total. The van der Waals surface area contributed by atoms with Crippen LogP contribution in [0, 0.1) is 0 Å². The molecule has 1 rings (SSSR count). The number of rotatable bonds is 11. The molecular formula is C15H24ClNO3. The Kier molecular flexibility index (Phi) is 9.62. The molecule has 0 bridgehead atoms. The molecule has 0 fully saturated rings. The molecule has 1 aromatic rings. The summed E-state index contributed by atoms with van der Waals surface area (Å²) in [6.45, 7) is 3.66.